The Bertz CT molecular complexity index is 1570. The molecule has 48 heavy (non-hydrogen) atoms. The molecule has 0 N–H and O–H groups in total. The number of carbonyl (C=O) groups is 6. The van der Waals surface area contributed by atoms with Crippen LogP contribution in [0.25, 0.3) is 6.08 Å². The molecule has 1 aromatic carbocycles. The van der Waals surface area contributed by atoms with Crippen LogP contribution >= 0.6 is 0 Å². The van der Waals surface area contributed by atoms with Gasteiger partial charge in [-0.3, -0.25) is 24.0 Å². The van der Waals surface area contributed by atoms with Gasteiger partial charge in [0.2, 0.25) is 0 Å². The van der Waals surface area contributed by atoms with Gasteiger partial charge in [-0.15, -0.1) is 0 Å². The van der Waals surface area contributed by atoms with E-state index in [0.717, 1.165) is 5.56 Å². The lowest BCUT2D eigenvalue weighted by Gasteiger charge is -2.51. The SMILES string of the molecule is CC(=O)O[C@H]1C(=O)[C@@]2(C)C/C(=C\[C@@H](OC(C)=O)[C@H]3C[C@H](OC(C)=O)C(C)=C1C3(C)C)[C@@H](OC(=O)/C=C/c1ccccc1)C[C@@H]2OC(C)=O. The molecule has 3 aliphatic carbocycles. The van der Waals surface area contributed by atoms with Crippen LogP contribution in [0, 0.1) is 16.7 Å². The lowest BCUT2D eigenvalue weighted by Crippen LogP contribution is -2.57. The topological polar surface area (TPSA) is 149 Å². The lowest BCUT2D eigenvalue weighted by molar-refractivity contribution is -0.173. The number of hydrogen-bond donors (Lipinski definition) is 0. The van der Waals surface area contributed by atoms with Gasteiger partial charge in [0.05, 0.1) is 5.41 Å². The maximum Gasteiger partial charge on any atom is 0.331 e. The Hall–Kier alpha value is -4.54. The quantitative estimate of drug-likeness (QED) is 0.168. The Labute approximate surface area is 280 Å². The fourth-order valence-corrected chi connectivity index (χ4v) is 7.43. The molecule has 11 heteroatoms. The van der Waals surface area contributed by atoms with Crippen molar-refractivity contribution in [1.29, 1.82) is 0 Å². The monoisotopic (exact) mass is 664 g/mol. The molecule has 0 aliphatic heterocycles. The molecule has 11 nitrogen and oxygen atoms in total. The van der Waals surface area contributed by atoms with Gasteiger partial charge in [-0.25, -0.2) is 4.79 Å². The molecule has 1 saturated carbocycles. The second kappa shape index (κ2) is 14.3. The molecule has 0 spiro atoms. The Morgan fingerprint density at radius 2 is 1.38 bits per heavy atom. The van der Waals surface area contributed by atoms with E-state index in [4.69, 9.17) is 23.7 Å². The molecule has 3 aliphatic rings. The molecule has 1 fully saturated rings. The third-order valence-electron chi connectivity index (χ3n) is 9.63. The highest BCUT2D eigenvalue weighted by Gasteiger charge is 2.58. The van der Waals surface area contributed by atoms with Crippen molar-refractivity contribution in [2.24, 2.45) is 16.7 Å². The van der Waals surface area contributed by atoms with Crippen molar-refractivity contribution >= 4 is 41.7 Å². The number of esters is 5. The van der Waals surface area contributed by atoms with Crippen LogP contribution in [-0.4, -0.2) is 66.1 Å². The summed E-state index contributed by atoms with van der Waals surface area (Å²) in [6.45, 7) is 12.0. The fraction of sp³-hybridized carbons (Fsp3) is 0.514. The predicted octanol–water partition coefficient (Wildman–Crippen LogP) is 5.01. The molecule has 0 amide bonds. The highest BCUT2D eigenvalue weighted by Crippen LogP contribution is 2.54. The van der Waals surface area contributed by atoms with Crippen LogP contribution in [0.3, 0.4) is 0 Å². The first kappa shape index (κ1) is 36.3. The van der Waals surface area contributed by atoms with Crippen molar-refractivity contribution in [3.05, 3.63) is 64.8 Å². The van der Waals surface area contributed by atoms with Crippen molar-refractivity contribution < 1.29 is 52.5 Å². The number of carbonyl (C=O) groups excluding carboxylic acids is 6. The van der Waals surface area contributed by atoms with E-state index in [9.17, 15) is 28.8 Å². The Balaban J connectivity index is 1.94. The zero-order chi connectivity index (χ0) is 35.6. The second-order valence-corrected chi connectivity index (χ2v) is 13.5. The number of Topliss-reactive ketones (excluding diaryl/α,β-unsaturated/α-hetero) is 1. The summed E-state index contributed by atoms with van der Waals surface area (Å²) in [5.41, 5.74) is -0.236. The number of ether oxygens (including phenoxy) is 5. The summed E-state index contributed by atoms with van der Waals surface area (Å²) in [6.07, 6.45) is -0.608. The maximum absolute atomic E-state index is 14.9. The van der Waals surface area contributed by atoms with E-state index in [1.807, 2.05) is 44.2 Å². The summed E-state index contributed by atoms with van der Waals surface area (Å²) in [4.78, 5) is 77.9. The molecule has 4 rings (SSSR count). The van der Waals surface area contributed by atoms with Crippen molar-refractivity contribution in [1.82, 2.24) is 0 Å². The summed E-state index contributed by atoms with van der Waals surface area (Å²) in [5.74, 6) is -4.29. The first-order valence-corrected chi connectivity index (χ1v) is 16.0. The van der Waals surface area contributed by atoms with Crippen molar-refractivity contribution in [2.75, 3.05) is 0 Å². The van der Waals surface area contributed by atoms with Gasteiger partial charge in [0, 0.05) is 46.1 Å². The summed E-state index contributed by atoms with van der Waals surface area (Å²) in [6, 6.07) is 9.16. The zero-order valence-electron chi connectivity index (χ0n) is 28.7. The molecule has 0 saturated heterocycles. The number of fused-ring (bicyclic) bond motifs is 4. The van der Waals surface area contributed by atoms with Crippen LogP contribution in [-0.2, 0) is 52.5 Å². The molecular weight excluding hydrogens is 620 g/mol. The maximum atomic E-state index is 14.9. The number of benzene rings is 1. The highest BCUT2D eigenvalue weighted by molar-refractivity contribution is 5.95. The summed E-state index contributed by atoms with van der Waals surface area (Å²) in [5, 5.41) is 0. The van der Waals surface area contributed by atoms with E-state index in [1.54, 1.807) is 26.0 Å². The summed E-state index contributed by atoms with van der Waals surface area (Å²) in [7, 11) is 0. The number of rotatable bonds is 7. The first-order chi connectivity index (χ1) is 22.4. The smallest absolute Gasteiger partial charge is 0.331 e. The van der Waals surface area contributed by atoms with E-state index in [2.05, 4.69) is 0 Å². The molecule has 1 aromatic rings. The minimum atomic E-state index is -1.48. The summed E-state index contributed by atoms with van der Waals surface area (Å²) >= 11 is 0. The molecular formula is C37H44O11. The Morgan fingerprint density at radius 3 is 1.96 bits per heavy atom. The van der Waals surface area contributed by atoms with E-state index in [1.165, 1.54) is 33.8 Å². The second-order valence-electron chi connectivity index (χ2n) is 13.5. The predicted molar refractivity (Wildman–Crippen MR) is 173 cm³/mol. The standard InChI is InChI=1S/C37H44O11/c1-20-28(44-21(2)38)17-27-30(45-22(3)39)16-26-19-37(8,35(43)34(47-24(5)41)33(20)36(27,6)7)31(46-23(4)40)18-29(26)48-32(42)15-14-25-12-10-9-11-13-25/h9-16,27-31,34H,17-19H2,1-8H3/b15-14+,26-16+/t27-,28+,29+,30-,31+,34-,37+/m1/s1. The fourth-order valence-electron chi connectivity index (χ4n) is 7.43. The molecule has 258 valence electrons. The average Bonchev–Trinajstić information content (AvgIpc) is 2.97. The highest BCUT2D eigenvalue weighted by atomic mass is 16.6. The van der Waals surface area contributed by atoms with Gasteiger partial charge in [0.25, 0.3) is 0 Å². The van der Waals surface area contributed by atoms with Crippen LogP contribution in [0.4, 0.5) is 0 Å². The van der Waals surface area contributed by atoms with Gasteiger partial charge in [0.1, 0.15) is 24.4 Å². The third-order valence-corrected chi connectivity index (χ3v) is 9.63. The van der Waals surface area contributed by atoms with Crippen LogP contribution in [0.15, 0.2) is 59.2 Å². The largest absolute Gasteiger partial charge is 0.461 e. The molecule has 4 bridgehead atoms. The van der Waals surface area contributed by atoms with Crippen molar-refractivity contribution in [3.63, 3.8) is 0 Å². The van der Waals surface area contributed by atoms with E-state index >= 15 is 0 Å². The van der Waals surface area contributed by atoms with Crippen LogP contribution in [0.1, 0.15) is 80.2 Å². The molecule has 0 heterocycles. The minimum Gasteiger partial charge on any atom is -0.461 e. The van der Waals surface area contributed by atoms with Gasteiger partial charge in [-0.05, 0) is 66.5 Å². The number of hydrogen-bond acceptors (Lipinski definition) is 11. The van der Waals surface area contributed by atoms with Gasteiger partial charge in [0.15, 0.2) is 11.9 Å². The van der Waals surface area contributed by atoms with Crippen LogP contribution in [0.2, 0.25) is 0 Å². The molecule has 0 radical (unpaired) electrons. The molecule has 0 aromatic heterocycles. The van der Waals surface area contributed by atoms with Crippen molar-refractivity contribution in [3.8, 4) is 0 Å². The van der Waals surface area contributed by atoms with Gasteiger partial charge < -0.3 is 23.7 Å². The Kier molecular flexibility index (Phi) is 10.8. The molecule has 0 unspecified atom stereocenters. The van der Waals surface area contributed by atoms with Crippen molar-refractivity contribution in [2.45, 2.75) is 105 Å². The van der Waals surface area contributed by atoms with E-state index in [-0.39, 0.29) is 19.3 Å². The average molecular weight is 665 g/mol. The number of ketones is 1. The normalized spacial score (nSPS) is 30.8. The van der Waals surface area contributed by atoms with E-state index in [0.29, 0.717) is 16.7 Å². The summed E-state index contributed by atoms with van der Waals surface area (Å²) < 4.78 is 29.2. The van der Waals surface area contributed by atoms with Gasteiger partial charge in [-0.1, -0.05) is 44.2 Å². The first-order valence-electron chi connectivity index (χ1n) is 16.0. The van der Waals surface area contributed by atoms with E-state index < -0.39 is 82.9 Å². The lowest BCUT2D eigenvalue weighted by atomic mass is 9.57. The van der Waals surface area contributed by atoms with Crippen LogP contribution < -0.4 is 0 Å². The Morgan fingerprint density at radius 1 is 0.771 bits per heavy atom. The minimum absolute atomic E-state index is 0.0630. The third kappa shape index (κ3) is 7.77. The van der Waals surface area contributed by atoms with Gasteiger partial charge >= 0.3 is 29.8 Å². The van der Waals surface area contributed by atoms with Crippen LogP contribution in [0.5, 0.6) is 0 Å². The zero-order valence-corrected chi connectivity index (χ0v) is 28.7. The molecule has 7 atom stereocenters. The van der Waals surface area contributed by atoms with Gasteiger partial charge in [-0.2, -0.15) is 0 Å².